The van der Waals surface area contributed by atoms with E-state index in [0.29, 0.717) is 18.5 Å². The van der Waals surface area contributed by atoms with E-state index in [0.717, 1.165) is 12.8 Å². The predicted octanol–water partition coefficient (Wildman–Crippen LogP) is 1.45. The summed E-state index contributed by atoms with van der Waals surface area (Å²) in [5, 5.41) is 2.71. The minimum absolute atomic E-state index is 0.0608. The van der Waals surface area contributed by atoms with Gasteiger partial charge >= 0.3 is 5.97 Å². The molecule has 1 aromatic rings. The van der Waals surface area contributed by atoms with Crippen molar-refractivity contribution in [3.63, 3.8) is 0 Å². The van der Waals surface area contributed by atoms with Crippen LogP contribution in [0.5, 0.6) is 0 Å². The van der Waals surface area contributed by atoms with Gasteiger partial charge in [0.05, 0.1) is 0 Å². The lowest BCUT2D eigenvalue weighted by Gasteiger charge is -2.35. The van der Waals surface area contributed by atoms with Gasteiger partial charge < -0.3 is 15.0 Å². The predicted molar refractivity (Wildman–Crippen MR) is 103 cm³/mol. The first-order chi connectivity index (χ1) is 13.2. The van der Waals surface area contributed by atoms with E-state index >= 15 is 0 Å². The number of fused-ring (bicyclic) bond motifs is 1. The molecule has 0 aliphatic carbocycles. The number of piperidine rings is 1. The van der Waals surface area contributed by atoms with E-state index in [1.54, 1.807) is 23.1 Å². The molecule has 2 aliphatic heterocycles. The van der Waals surface area contributed by atoms with E-state index in [-0.39, 0.29) is 22.7 Å². The van der Waals surface area contributed by atoms with Crippen LogP contribution in [0.25, 0.3) is 0 Å². The van der Waals surface area contributed by atoms with Crippen LogP contribution in [0.3, 0.4) is 0 Å². The molecule has 1 N–H and O–H groups in total. The number of amidine groups is 1. The Balaban J connectivity index is 1.82. The van der Waals surface area contributed by atoms with Crippen LogP contribution in [-0.4, -0.2) is 55.8 Å². The number of carbonyl (C=O) groups is 2. The van der Waals surface area contributed by atoms with Crippen molar-refractivity contribution in [2.75, 3.05) is 6.54 Å². The van der Waals surface area contributed by atoms with Crippen LogP contribution in [0.2, 0.25) is 0 Å². The Morgan fingerprint density at radius 3 is 2.64 bits per heavy atom. The van der Waals surface area contributed by atoms with Crippen molar-refractivity contribution in [2.24, 2.45) is 4.40 Å². The smallest absolute Gasteiger partial charge is 0.329 e. The first-order valence-electron chi connectivity index (χ1n) is 9.42. The Kier molecular flexibility index (Phi) is 5.74. The summed E-state index contributed by atoms with van der Waals surface area (Å²) in [6, 6.07) is 5.85. The summed E-state index contributed by atoms with van der Waals surface area (Å²) in [6.07, 6.45) is 1.21. The maximum atomic E-state index is 12.8. The Hall–Kier alpha value is -2.42. The number of likely N-dealkylation sites (tertiary alicyclic amines) is 1. The third kappa shape index (κ3) is 4.04. The Morgan fingerprint density at radius 2 is 1.93 bits per heavy atom. The Bertz CT molecular complexity index is 910. The molecule has 1 saturated heterocycles. The first kappa shape index (κ1) is 20.3. The highest BCUT2D eigenvalue weighted by atomic mass is 32.2. The summed E-state index contributed by atoms with van der Waals surface area (Å²) in [5.41, 5.74) is 0.493. The van der Waals surface area contributed by atoms with Crippen molar-refractivity contribution in [2.45, 2.75) is 63.1 Å². The highest BCUT2D eigenvalue weighted by molar-refractivity contribution is 7.90. The standard InChI is InChI=1S/C19H25N3O5S/c1-12(2)20-18(23)13(3)27-19(24)15-9-6-7-11-22(15)17-14-8-4-5-10-16(14)28(25,26)21-17/h4-5,8,10,12-13,15H,6-7,9,11H2,1-3H3,(H,20,23)/t13-,15+/m1/s1. The normalized spacial score (nSPS) is 21.6. The summed E-state index contributed by atoms with van der Waals surface area (Å²) in [6.45, 7) is 5.67. The van der Waals surface area contributed by atoms with Crippen LogP contribution < -0.4 is 5.32 Å². The average Bonchev–Trinajstić information content (AvgIpc) is 2.92. The molecule has 1 amide bonds. The molecule has 0 unspecified atom stereocenters. The van der Waals surface area contributed by atoms with Crippen LogP contribution in [0.1, 0.15) is 45.6 Å². The van der Waals surface area contributed by atoms with E-state index in [1.807, 2.05) is 13.8 Å². The number of esters is 1. The molecular weight excluding hydrogens is 382 g/mol. The highest BCUT2D eigenvalue weighted by Crippen LogP contribution is 2.31. The molecule has 1 aromatic carbocycles. The molecule has 152 valence electrons. The zero-order valence-electron chi connectivity index (χ0n) is 16.2. The van der Waals surface area contributed by atoms with Gasteiger partial charge in [0.25, 0.3) is 15.9 Å². The van der Waals surface area contributed by atoms with Gasteiger partial charge in [-0.05, 0) is 52.2 Å². The fourth-order valence-electron chi connectivity index (χ4n) is 3.43. The molecule has 9 heteroatoms. The zero-order valence-corrected chi connectivity index (χ0v) is 17.0. The molecule has 0 bridgehead atoms. The molecule has 1 fully saturated rings. The number of nitrogens with one attached hydrogen (secondary N) is 1. The van der Waals surface area contributed by atoms with Crippen LogP contribution in [0.15, 0.2) is 33.6 Å². The minimum Gasteiger partial charge on any atom is -0.451 e. The van der Waals surface area contributed by atoms with E-state index < -0.39 is 28.1 Å². The molecule has 0 saturated carbocycles. The van der Waals surface area contributed by atoms with Crippen LogP contribution >= 0.6 is 0 Å². The zero-order chi connectivity index (χ0) is 20.5. The van der Waals surface area contributed by atoms with E-state index in [9.17, 15) is 18.0 Å². The van der Waals surface area contributed by atoms with Crippen molar-refractivity contribution in [3.05, 3.63) is 29.8 Å². The minimum atomic E-state index is -3.77. The van der Waals surface area contributed by atoms with Gasteiger partial charge in [-0.15, -0.1) is 4.40 Å². The van der Waals surface area contributed by atoms with Gasteiger partial charge in [0.1, 0.15) is 10.9 Å². The quantitative estimate of drug-likeness (QED) is 0.758. The summed E-state index contributed by atoms with van der Waals surface area (Å²) in [7, 11) is -3.77. The molecular formula is C19H25N3O5S. The largest absolute Gasteiger partial charge is 0.451 e. The number of rotatable bonds is 4. The van der Waals surface area contributed by atoms with Crippen LogP contribution in [-0.2, 0) is 24.3 Å². The summed E-state index contributed by atoms with van der Waals surface area (Å²) in [4.78, 5) is 26.7. The number of nitrogens with zero attached hydrogens (tertiary/aromatic N) is 2. The van der Waals surface area contributed by atoms with Gasteiger partial charge in [0, 0.05) is 18.2 Å². The lowest BCUT2D eigenvalue weighted by Crippen LogP contribution is -2.50. The van der Waals surface area contributed by atoms with E-state index in [1.165, 1.54) is 13.0 Å². The summed E-state index contributed by atoms with van der Waals surface area (Å²) >= 11 is 0. The van der Waals surface area contributed by atoms with Crippen molar-refractivity contribution in [1.29, 1.82) is 0 Å². The van der Waals surface area contributed by atoms with Crippen molar-refractivity contribution < 1.29 is 22.7 Å². The topological polar surface area (TPSA) is 105 Å². The first-order valence-corrected chi connectivity index (χ1v) is 10.9. The molecule has 3 rings (SSSR count). The monoisotopic (exact) mass is 407 g/mol. The molecule has 0 radical (unpaired) electrons. The number of hydrogen-bond acceptors (Lipinski definition) is 6. The van der Waals surface area contributed by atoms with Gasteiger partial charge in [0.15, 0.2) is 11.9 Å². The Morgan fingerprint density at radius 1 is 1.21 bits per heavy atom. The summed E-state index contributed by atoms with van der Waals surface area (Å²) < 4.78 is 34.0. The van der Waals surface area contributed by atoms with Gasteiger partial charge in [-0.1, -0.05) is 12.1 Å². The van der Waals surface area contributed by atoms with Gasteiger partial charge in [-0.3, -0.25) is 4.79 Å². The second-order valence-corrected chi connectivity index (χ2v) is 8.91. The molecule has 28 heavy (non-hydrogen) atoms. The fraction of sp³-hybridized carbons (Fsp3) is 0.526. The maximum Gasteiger partial charge on any atom is 0.329 e. The maximum absolute atomic E-state index is 12.8. The third-order valence-corrected chi connectivity index (χ3v) is 6.08. The fourth-order valence-corrected chi connectivity index (χ4v) is 4.65. The van der Waals surface area contributed by atoms with E-state index in [4.69, 9.17) is 4.74 Å². The molecule has 2 aliphatic rings. The molecule has 2 atom stereocenters. The highest BCUT2D eigenvalue weighted by Gasteiger charge is 2.39. The third-order valence-electron chi connectivity index (χ3n) is 4.75. The van der Waals surface area contributed by atoms with Gasteiger partial charge in [-0.2, -0.15) is 8.42 Å². The molecule has 2 heterocycles. The van der Waals surface area contributed by atoms with Crippen LogP contribution in [0.4, 0.5) is 0 Å². The van der Waals surface area contributed by atoms with E-state index in [2.05, 4.69) is 9.71 Å². The SMILES string of the molecule is CC(C)NC(=O)[C@@H](C)OC(=O)[C@@H]1CCCCN1C1=NS(=O)(=O)c2ccccc21. The summed E-state index contributed by atoms with van der Waals surface area (Å²) in [5.74, 6) is -0.635. The van der Waals surface area contributed by atoms with Gasteiger partial charge in [-0.25, -0.2) is 4.79 Å². The number of benzene rings is 1. The second kappa shape index (κ2) is 7.90. The molecule has 0 aromatic heterocycles. The van der Waals surface area contributed by atoms with Crippen molar-refractivity contribution in [1.82, 2.24) is 10.2 Å². The number of sulfonamides is 1. The van der Waals surface area contributed by atoms with Crippen LogP contribution in [0, 0.1) is 0 Å². The van der Waals surface area contributed by atoms with Crippen molar-refractivity contribution >= 4 is 27.7 Å². The number of ether oxygens (including phenoxy) is 1. The lowest BCUT2D eigenvalue weighted by molar-refractivity contribution is -0.159. The van der Waals surface area contributed by atoms with Gasteiger partial charge in [0.2, 0.25) is 0 Å². The number of amides is 1. The number of hydrogen-bond donors (Lipinski definition) is 1. The van der Waals surface area contributed by atoms with Crippen molar-refractivity contribution in [3.8, 4) is 0 Å². The molecule has 0 spiro atoms. The Labute approximate surface area is 165 Å². The second-order valence-electron chi connectivity index (χ2n) is 7.33. The number of carbonyl (C=O) groups excluding carboxylic acids is 2. The average molecular weight is 407 g/mol. The lowest BCUT2D eigenvalue weighted by atomic mass is 10.0. The molecule has 8 nitrogen and oxygen atoms in total.